The van der Waals surface area contributed by atoms with Crippen molar-refractivity contribution in [2.24, 2.45) is 0 Å². The number of fused-ring (bicyclic) bond motifs is 2. The van der Waals surface area contributed by atoms with E-state index >= 15 is 0 Å². The first-order valence-corrected chi connectivity index (χ1v) is 14.2. The molecule has 1 atom stereocenters. The van der Waals surface area contributed by atoms with Crippen LogP contribution in [-0.4, -0.2) is 61.4 Å². The van der Waals surface area contributed by atoms with E-state index in [1.165, 1.54) is 24.3 Å². The second kappa shape index (κ2) is 11.1. The van der Waals surface area contributed by atoms with Gasteiger partial charge in [0.15, 0.2) is 5.58 Å². The van der Waals surface area contributed by atoms with Gasteiger partial charge in [0.1, 0.15) is 11.6 Å². The fourth-order valence-electron chi connectivity index (χ4n) is 6.57. The molecule has 2 aliphatic rings. The summed E-state index contributed by atoms with van der Waals surface area (Å²) in [6, 6.07) is 8.94. The third-order valence-electron chi connectivity index (χ3n) is 8.72. The number of aromatic nitrogens is 3. The number of piperidine rings is 1. The quantitative estimate of drug-likeness (QED) is 0.325. The zero-order valence-electron chi connectivity index (χ0n) is 23.2. The van der Waals surface area contributed by atoms with E-state index in [0.717, 1.165) is 37.0 Å². The highest BCUT2D eigenvalue weighted by molar-refractivity contribution is 6.03. The molecule has 2 aromatic carbocycles. The summed E-state index contributed by atoms with van der Waals surface area (Å²) in [4.78, 5) is 44.7. The van der Waals surface area contributed by atoms with E-state index in [1.54, 1.807) is 23.6 Å². The van der Waals surface area contributed by atoms with Gasteiger partial charge in [-0.2, -0.15) is 0 Å². The zero-order chi connectivity index (χ0) is 29.5. The topological polar surface area (TPSA) is 139 Å². The summed E-state index contributed by atoms with van der Waals surface area (Å²) in [5.74, 6) is -2.76. The van der Waals surface area contributed by atoms with E-state index in [1.807, 2.05) is 0 Å². The molecule has 0 amide bonds. The molecule has 0 saturated carbocycles. The van der Waals surface area contributed by atoms with E-state index < -0.39 is 17.9 Å². The van der Waals surface area contributed by atoms with Crippen molar-refractivity contribution in [1.29, 1.82) is 0 Å². The molecule has 1 saturated heterocycles. The average Bonchev–Trinajstić information content (AvgIpc) is 3.39. The Bertz CT molecular complexity index is 1750. The van der Waals surface area contributed by atoms with Gasteiger partial charge in [-0.15, -0.1) is 0 Å². The number of hydrogen-bond donors (Lipinski definition) is 2. The fourth-order valence-corrected chi connectivity index (χ4v) is 6.57. The number of hydrogen-bond acceptors (Lipinski definition) is 7. The molecule has 4 aromatic rings. The highest BCUT2D eigenvalue weighted by atomic mass is 19.1. The molecule has 1 fully saturated rings. The minimum atomic E-state index is -1.31. The van der Waals surface area contributed by atoms with Crippen LogP contribution in [0.15, 0.2) is 45.7 Å². The second-order valence-corrected chi connectivity index (χ2v) is 11.1. The minimum Gasteiger partial charge on any atom is -0.478 e. The zero-order valence-corrected chi connectivity index (χ0v) is 23.2. The third kappa shape index (κ3) is 4.98. The lowest BCUT2D eigenvalue weighted by Gasteiger charge is -2.31. The third-order valence-corrected chi connectivity index (χ3v) is 8.72. The van der Waals surface area contributed by atoms with E-state index in [4.69, 9.17) is 9.51 Å². The van der Waals surface area contributed by atoms with Crippen LogP contribution >= 0.6 is 0 Å². The van der Waals surface area contributed by atoms with Crippen molar-refractivity contribution in [2.75, 3.05) is 19.6 Å². The molecule has 11 heteroatoms. The van der Waals surface area contributed by atoms with Crippen molar-refractivity contribution in [3.05, 3.63) is 92.0 Å². The number of likely N-dealkylation sites (tertiary alicyclic amines) is 1. The van der Waals surface area contributed by atoms with Crippen LogP contribution in [0.1, 0.15) is 86.6 Å². The predicted molar refractivity (Wildman–Crippen MR) is 151 cm³/mol. The van der Waals surface area contributed by atoms with Crippen molar-refractivity contribution in [1.82, 2.24) is 19.6 Å². The largest absolute Gasteiger partial charge is 0.478 e. The molecule has 218 valence electrons. The highest BCUT2D eigenvalue weighted by Crippen LogP contribution is 2.36. The monoisotopic (exact) mass is 574 g/mol. The summed E-state index contributed by atoms with van der Waals surface area (Å²) in [5.41, 5.74) is 2.29. The Kier molecular flexibility index (Phi) is 7.36. The van der Waals surface area contributed by atoms with Gasteiger partial charge in [-0.3, -0.25) is 9.36 Å². The molecule has 42 heavy (non-hydrogen) atoms. The van der Waals surface area contributed by atoms with Crippen molar-refractivity contribution < 1.29 is 28.7 Å². The van der Waals surface area contributed by atoms with Gasteiger partial charge in [-0.25, -0.2) is 19.0 Å². The Morgan fingerprint density at radius 2 is 1.86 bits per heavy atom. The molecule has 0 bridgehead atoms. The van der Waals surface area contributed by atoms with Gasteiger partial charge in [0.25, 0.3) is 5.56 Å². The van der Waals surface area contributed by atoms with E-state index in [2.05, 4.69) is 10.1 Å². The van der Waals surface area contributed by atoms with Gasteiger partial charge < -0.3 is 19.6 Å². The molecule has 1 unspecified atom stereocenters. The van der Waals surface area contributed by atoms with Crippen LogP contribution in [0.5, 0.6) is 0 Å². The molecular weight excluding hydrogens is 543 g/mol. The van der Waals surface area contributed by atoms with E-state index in [-0.39, 0.29) is 28.4 Å². The van der Waals surface area contributed by atoms with Crippen molar-refractivity contribution in [2.45, 2.75) is 57.4 Å². The van der Waals surface area contributed by atoms with Crippen molar-refractivity contribution in [3.63, 3.8) is 0 Å². The van der Waals surface area contributed by atoms with Crippen LogP contribution in [0, 0.1) is 12.7 Å². The first-order chi connectivity index (χ1) is 20.2. The van der Waals surface area contributed by atoms with Gasteiger partial charge in [0.05, 0.1) is 16.8 Å². The maximum absolute atomic E-state index is 13.7. The average molecular weight is 575 g/mol. The number of aromatic carboxylic acids is 2. The molecule has 2 N–H and O–H groups in total. The van der Waals surface area contributed by atoms with Crippen LogP contribution in [0.2, 0.25) is 0 Å². The lowest BCUT2D eigenvalue weighted by atomic mass is 9.85. The van der Waals surface area contributed by atoms with Crippen LogP contribution in [-0.2, 0) is 13.0 Å². The Balaban J connectivity index is 1.19. The number of nitrogens with zero attached hydrogens (tertiary/aromatic N) is 4. The first-order valence-electron chi connectivity index (χ1n) is 14.2. The van der Waals surface area contributed by atoms with E-state index in [9.17, 15) is 29.0 Å². The standard InChI is InChI=1S/C31H31FN4O6/c1-17-20(11-15-35-13-9-18(10-14-35)27-23-8-7-19(32)16-25(23)42-34-27)29(37)36-12-3-6-22(28(36)33-17)21-4-2-5-24(30(38)39)26(21)31(40)41/h2,4-5,7-8,16,18,22H,3,6,9-15H2,1H3,(H,38,39)(H,40,41). The van der Waals surface area contributed by atoms with Crippen molar-refractivity contribution in [3.8, 4) is 0 Å². The number of carbonyl (C=O) groups is 2. The first kappa shape index (κ1) is 27.8. The lowest BCUT2D eigenvalue weighted by Crippen LogP contribution is -2.38. The highest BCUT2D eigenvalue weighted by Gasteiger charge is 2.32. The summed E-state index contributed by atoms with van der Waals surface area (Å²) in [5, 5.41) is 24.5. The number of halogens is 1. The van der Waals surface area contributed by atoms with Crippen LogP contribution in [0.3, 0.4) is 0 Å². The fraction of sp³-hybridized carbons (Fsp3) is 0.387. The molecular formula is C31H31FN4O6. The molecule has 4 heterocycles. The summed E-state index contributed by atoms with van der Waals surface area (Å²) >= 11 is 0. The van der Waals surface area contributed by atoms with Gasteiger partial charge in [0, 0.05) is 47.6 Å². The lowest BCUT2D eigenvalue weighted by molar-refractivity contribution is 0.0650. The number of carboxylic acid groups (broad SMARTS) is 2. The molecule has 6 rings (SSSR count). The van der Waals surface area contributed by atoms with E-state index in [0.29, 0.717) is 60.6 Å². The summed E-state index contributed by atoms with van der Waals surface area (Å²) in [6.45, 7) is 4.65. The summed E-state index contributed by atoms with van der Waals surface area (Å²) in [6.07, 6.45) is 3.51. The Morgan fingerprint density at radius 1 is 1.07 bits per heavy atom. The number of rotatable bonds is 7. The molecule has 0 radical (unpaired) electrons. The summed E-state index contributed by atoms with van der Waals surface area (Å²) in [7, 11) is 0. The normalized spacial score (nSPS) is 17.8. The van der Waals surface area contributed by atoms with Gasteiger partial charge in [0.2, 0.25) is 0 Å². The second-order valence-electron chi connectivity index (χ2n) is 11.1. The van der Waals surface area contributed by atoms with Crippen LogP contribution in [0.25, 0.3) is 11.0 Å². The van der Waals surface area contributed by atoms with Crippen LogP contribution < -0.4 is 5.56 Å². The Hall–Kier alpha value is -4.38. The SMILES string of the molecule is Cc1nc2n(c(=O)c1CCN1CCC(c3noc4cc(F)ccc34)CC1)CCCC2c1cccc(C(=O)O)c1C(=O)O. The maximum atomic E-state index is 13.7. The van der Waals surface area contributed by atoms with Gasteiger partial charge >= 0.3 is 11.9 Å². The van der Waals surface area contributed by atoms with Gasteiger partial charge in [-0.05, 0) is 75.9 Å². The molecule has 0 spiro atoms. The van der Waals surface area contributed by atoms with Crippen molar-refractivity contribution >= 4 is 22.9 Å². The minimum absolute atomic E-state index is 0.121. The van der Waals surface area contributed by atoms with Gasteiger partial charge in [-0.1, -0.05) is 17.3 Å². The Morgan fingerprint density at radius 3 is 2.60 bits per heavy atom. The smallest absolute Gasteiger partial charge is 0.336 e. The molecule has 2 aromatic heterocycles. The number of benzene rings is 2. The number of carboxylic acids is 2. The molecule has 0 aliphatic carbocycles. The number of aryl methyl sites for hydroxylation is 1. The predicted octanol–water partition coefficient (Wildman–Crippen LogP) is 4.58. The maximum Gasteiger partial charge on any atom is 0.336 e. The molecule has 10 nitrogen and oxygen atoms in total. The summed E-state index contributed by atoms with van der Waals surface area (Å²) < 4.78 is 20.5. The molecule has 2 aliphatic heterocycles. The van der Waals surface area contributed by atoms with Crippen LogP contribution in [0.4, 0.5) is 4.39 Å². The Labute approximate surface area is 240 Å².